The van der Waals surface area contributed by atoms with E-state index in [0.717, 1.165) is 0 Å². The van der Waals surface area contributed by atoms with Crippen LogP contribution in [0.1, 0.15) is 0 Å². The Labute approximate surface area is 650 Å². The van der Waals surface area contributed by atoms with E-state index >= 15 is 0 Å². The summed E-state index contributed by atoms with van der Waals surface area (Å²) in [6, 6.07) is 0. The molecule has 52 heavy (non-hydrogen) atoms. The van der Waals surface area contributed by atoms with Crippen LogP contribution in [-0.4, -0.2) is 453 Å². The number of rotatable bonds is 0. The molecule has 52 heteroatoms. The zero-order chi connectivity index (χ0) is 36.0. The van der Waals surface area contributed by atoms with Gasteiger partial charge >= 0.3 is 453 Å². The van der Waals surface area contributed by atoms with Crippen molar-refractivity contribution in [3.05, 3.63) is 0 Å². The first kappa shape index (κ1) is 132. The summed E-state index contributed by atoms with van der Waals surface area (Å²) < 4.78 is 68.4. The minimum absolute atomic E-state index is 0. The summed E-state index contributed by atoms with van der Waals surface area (Å²) in [6.07, 6.45) is 0. The van der Waals surface area contributed by atoms with Crippen LogP contribution >= 0.6 is 62.6 Å². The van der Waals surface area contributed by atoms with Crippen molar-refractivity contribution in [3.63, 3.8) is 0 Å². The van der Waals surface area contributed by atoms with Crippen LogP contribution in [-0.2, 0) is 36.5 Å². The Morgan fingerprint density at radius 2 is 0.135 bits per heavy atom. The van der Waals surface area contributed by atoms with Gasteiger partial charge in [0.25, 0.3) is 0 Å². The number of hydrogen-bond donors (Lipinski definition) is 0. The van der Waals surface area contributed by atoms with Crippen LogP contribution in [0.2, 0.25) is 0 Å². The van der Waals surface area contributed by atoms with E-state index in [9.17, 15) is 0 Å². The van der Waals surface area contributed by atoms with E-state index in [1.54, 1.807) is 0 Å². The summed E-state index contributed by atoms with van der Waals surface area (Å²) in [6.45, 7) is 0. The number of hydrogen-bond acceptors (Lipinski definition) is 32. The zero-order valence-electron chi connectivity index (χ0n) is 25.1. The van der Waals surface area contributed by atoms with Gasteiger partial charge in [0.05, 0.1) is 0 Å². The fourth-order valence-electron chi connectivity index (χ4n) is 0. The average Bonchev–Trinajstić information content (AvgIpc) is 2.16. The maximum Gasteiger partial charge on any atom is 2.00 e. The first-order valence-corrected chi connectivity index (χ1v) is 17.5. The minimum Gasteiger partial charge on any atom is -0.822 e. The van der Waals surface area contributed by atoms with Crippen molar-refractivity contribution in [1.82, 2.24) is 0 Å². The van der Waals surface area contributed by atoms with Crippen LogP contribution in [0, 0.1) is 0 Å². The molecule has 0 aromatic rings. The predicted octanol–water partition coefficient (Wildman–Crippen LogP) is -27.2. The van der Waals surface area contributed by atoms with E-state index in [4.69, 9.17) is 154 Å². The number of phosphoric acid groups is 8. The SMILES string of the molecule is O=P([O-])([O-])[O-].O=P([O-])([O-])[O-].O=P([O-])([O-])[O-].O=P([O-])([O-])[O-].O=P([O-])([O-])[O-].O=P([O-])([O-])[O-].O=P([O-])([O-])[O-].O=P([O-])([O-])[O-].[Ca+2].[Ca+2].[Ca+2].[Ca+2].[Ca+2].[Ca+2].[Ca+2].[Ca+2].[Ca+2].[Ca+2].[Ca+2].[Ca+2]. The van der Waals surface area contributed by atoms with Gasteiger partial charge in [0.15, 0.2) is 0 Å². The molecular formula is Ca12O32P8. The Morgan fingerprint density at radius 3 is 0.135 bits per heavy atom. The normalized spacial score (nSPS) is 9.08. The second-order valence-electron chi connectivity index (χ2n) is 3.58. The van der Waals surface area contributed by atoms with Crippen molar-refractivity contribution in [2.45, 2.75) is 0 Å². The van der Waals surface area contributed by atoms with Gasteiger partial charge in [-0.25, -0.2) is 0 Å². The van der Waals surface area contributed by atoms with Crippen molar-refractivity contribution in [2.24, 2.45) is 0 Å². The van der Waals surface area contributed by atoms with E-state index in [1.807, 2.05) is 0 Å². The van der Waals surface area contributed by atoms with E-state index in [2.05, 4.69) is 0 Å². The standard InChI is InChI=1S/12Ca.8H3O4P/c;;;;;;;;;;;;8*1-5(2,3)4/h;;;;;;;;;;;;8*(H3,1,2,3,4)/q12*+2;;;;;;;;/p-24. The van der Waals surface area contributed by atoms with Crippen LogP contribution < -0.4 is 117 Å². The molecule has 0 aromatic carbocycles. The van der Waals surface area contributed by atoms with Gasteiger partial charge in [0.1, 0.15) is 0 Å². The van der Waals surface area contributed by atoms with E-state index in [1.165, 1.54) is 0 Å². The van der Waals surface area contributed by atoms with Crippen LogP contribution in [0.25, 0.3) is 0 Å². The fraction of sp³-hybridized carbons (Fsp3) is 0. The summed E-state index contributed by atoms with van der Waals surface area (Å²) in [5, 5.41) is 0. The molecule has 0 unspecified atom stereocenters. The zero-order valence-corrected chi connectivity index (χ0v) is 58.8. The Bertz CT molecular complexity index is 679. The third kappa shape index (κ3) is 1090. The van der Waals surface area contributed by atoms with Crippen molar-refractivity contribution in [1.29, 1.82) is 0 Å². The molecule has 0 heterocycles. The summed E-state index contributed by atoms with van der Waals surface area (Å²) in [7, 11) is -43.1. The Hall–Kier alpha value is 16.0. The average molecular weight is 1240 g/mol. The van der Waals surface area contributed by atoms with Crippen molar-refractivity contribution >= 4 is 515 Å². The molecule has 0 aliphatic rings. The van der Waals surface area contributed by atoms with Gasteiger partial charge in [-0.15, -0.1) is 0 Å². The molecule has 0 radical (unpaired) electrons. The monoisotopic (exact) mass is 1240 g/mol. The molecule has 0 saturated carbocycles. The van der Waals surface area contributed by atoms with Crippen molar-refractivity contribution < 1.29 is 154 Å². The van der Waals surface area contributed by atoms with Crippen LogP contribution in [0.15, 0.2) is 0 Å². The smallest absolute Gasteiger partial charge is 0.822 e. The molecule has 32 nitrogen and oxygen atoms in total. The molecule has 0 aromatic heterocycles. The van der Waals surface area contributed by atoms with Gasteiger partial charge in [0, 0.05) is 0 Å². The Kier molecular flexibility index (Phi) is 182. The van der Waals surface area contributed by atoms with Gasteiger partial charge in [0.2, 0.25) is 0 Å². The summed E-state index contributed by atoms with van der Waals surface area (Å²) in [5.74, 6) is 0. The molecule has 0 aliphatic heterocycles. The minimum atomic E-state index is -5.39. The summed E-state index contributed by atoms with van der Waals surface area (Å²) in [5.41, 5.74) is 0. The van der Waals surface area contributed by atoms with E-state index in [-0.39, 0.29) is 453 Å². The Morgan fingerprint density at radius 1 is 0.135 bits per heavy atom. The largest absolute Gasteiger partial charge is 2.00 e. The van der Waals surface area contributed by atoms with Crippen molar-refractivity contribution in [2.75, 3.05) is 0 Å². The van der Waals surface area contributed by atoms with Gasteiger partial charge < -0.3 is 154 Å². The Balaban J connectivity index is -0.0000000121. The molecule has 0 rings (SSSR count). The molecule has 0 fully saturated rings. The summed E-state index contributed by atoms with van der Waals surface area (Å²) in [4.78, 5) is 205. The predicted molar refractivity (Wildman–Crippen MR) is 130 cm³/mol. The third-order valence-corrected chi connectivity index (χ3v) is 0. The molecule has 0 saturated heterocycles. The third-order valence-electron chi connectivity index (χ3n) is 0. The quantitative estimate of drug-likeness (QED) is 0.160. The first-order valence-electron chi connectivity index (χ1n) is 5.84. The molecule has 0 N–H and O–H groups in total. The summed E-state index contributed by atoms with van der Waals surface area (Å²) >= 11 is 0. The second kappa shape index (κ2) is 71.2. The second-order valence-corrected chi connectivity index (χ2v) is 10.7. The van der Waals surface area contributed by atoms with E-state index < -0.39 is 62.6 Å². The van der Waals surface area contributed by atoms with Gasteiger partial charge in [-0.05, 0) is 0 Å². The molecule has 256 valence electrons. The molecule has 0 atom stereocenters. The van der Waals surface area contributed by atoms with Gasteiger partial charge in [-0.1, -0.05) is 0 Å². The van der Waals surface area contributed by atoms with Crippen molar-refractivity contribution in [3.8, 4) is 0 Å². The van der Waals surface area contributed by atoms with Crippen LogP contribution in [0.5, 0.6) is 0 Å². The molecule has 0 spiro atoms. The molecule has 0 amide bonds. The van der Waals surface area contributed by atoms with Gasteiger partial charge in [-0.2, -0.15) is 62.6 Å². The molecular weight excluding hydrogens is 1240 g/mol. The maximum atomic E-state index is 8.55. The topological polar surface area (TPSA) is 690 Å². The van der Waals surface area contributed by atoms with E-state index in [0.29, 0.717) is 0 Å². The first-order chi connectivity index (χ1) is 16.0. The molecule has 0 aliphatic carbocycles. The fourth-order valence-corrected chi connectivity index (χ4v) is 0. The van der Waals surface area contributed by atoms with Crippen LogP contribution in [0.4, 0.5) is 0 Å². The van der Waals surface area contributed by atoms with Crippen LogP contribution in [0.3, 0.4) is 0 Å². The maximum absolute atomic E-state index is 8.55. The van der Waals surface area contributed by atoms with Gasteiger partial charge in [-0.3, -0.25) is 0 Å². The molecule has 0 bridgehead atoms.